The lowest BCUT2D eigenvalue weighted by atomic mass is 9.55. The monoisotopic (exact) mass is 793 g/mol. The summed E-state index contributed by atoms with van der Waals surface area (Å²) >= 11 is 0. The van der Waals surface area contributed by atoms with Crippen molar-refractivity contribution < 1.29 is 43.3 Å². The highest BCUT2D eigenvalue weighted by Gasteiger charge is 2.65. The van der Waals surface area contributed by atoms with Gasteiger partial charge in [0.2, 0.25) is 18.2 Å². The van der Waals surface area contributed by atoms with Crippen LogP contribution in [0.15, 0.2) is 109 Å². The maximum atomic E-state index is 14.4. The smallest absolute Gasteiger partial charge is 0.310 e. The average Bonchev–Trinajstić information content (AvgIpc) is 3.23. The molecule has 1 aliphatic rings. The number of carbonyl (C=O) groups excluding carboxylic acids is 4. The summed E-state index contributed by atoms with van der Waals surface area (Å²) in [4.78, 5) is 69.2. The van der Waals surface area contributed by atoms with Crippen LogP contribution < -0.4 is 9.47 Å². The molecule has 1 aliphatic carbocycles. The van der Waals surface area contributed by atoms with E-state index in [1.54, 1.807) is 14.7 Å². The van der Waals surface area contributed by atoms with Gasteiger partial charge in [0.15, 0.2) is 0 Å². The van der Waals surface area contributed by atoms with Crippen molar-refractivity contribution in [3.63, 3.8) is 0 Å². The van der Waals surface area contributed by atoms with Crippen LogP contribution in [0.2, 0.25) is 0 Å². The van der Waals surface area contributed by atoms with Crippen molar-refractivity contribution in [1.82, 2.24) is 14.7 Å². The number of benzene rings is 4. The Balaban J connectivity index is 0.000000973. The molecule has 1 N–H and O–H groups in total. The molecule has 1 fully saturated rings. The summed E-state index contributed by atoms with van der Waals surface area (Å²) in [6.45, 7) is 10.5. The van der Waals surface area contributed by atoms with E-state index in [2.05, 4.69) is 0 Å². The van der Waals surface area contributed by atoms with E-state index in [0.29, 0.717) is 48.9 Å². The average molecular weight is 794 g/mol. The van der Waals surface area contributed by atoms with E-state index in [-0.39, 0.29) is 13.1 Å². The Morgan fingerprint density at radius 2 is 0.948 bits per heavy atom. The third kappa shape index (κ3) is 11.9. The lowest BCUT2D eigenvalue weighted by Crippen LogP contribution is -2.64. The van der Waals surface area contributed by atoms with Gasteiger partial charge in [0.25, 0.3) is 0 Å². The number of hydrogen-bond donors (Lipinski definition) is 1. The third-order valence-electron chi connectivity index (χ3n) is 10.00. The molecule has 0 aromatic heterocycles. The third-order valence-corrected chi connectivity index (χ3v) is 10.00. The van der Waals surface area contributed by atoms with E-state index in [1.807, 2.05) is 137 Å². The van der Waals surface area contributed by atoms with Gasteiger partial charge in [0.05, 0.1) is 30.8 Å². The fourth-order valence-corrected chi connectivity index (χ4v) is 6.98. The first-order valence-electron chi connectivity index (χ1n) is 19.8. The summed E-state index contributed by atoms with van der Waals surface area (Å²) in [5.41, 5.74) is 1.62. The highest BCUT2D eigenvalue weighted by atomic mass is 16.5. The Hall–Kier alpha value is -6.17. The van der Waals surface area contributed by atoms with Crippen LogP contribution >= 0.6 is 0 Å². The summed E-state index contributed by atoms with van der Waals surface area (Å²) in [5.74, 6) is -5.56. The highest BCUT2D eigenvalue weighted by molar-refractivity contribution is 6.00. The second-order valence-corrected chi connectivity index (χ2v) is 13.9. The molecule has 4 atom stereocenters. The lowest BCUT2D eigenvalue weighted by molar-refractivity contribution is -0.189. The van der Waals surface area contributed by atoms with Crippen molar-refractivity contribution in [2.75, 3.05) is 33.3 Å². The Labute approximate surface area is 341 Å². The molecule has 58 heavy (non-hydrogen) atoms. The van der Waals surface area contributed by atoms with Gasteiger partial charge in [0.1, 0.15) is 23.0 Å². The molecular formula is C46H55N3O9. The van der Waals surface area contributed by atoms with Gasteiger partial charge in [-0.3, -0.25) is 24.0 Å². The molecule has 4 unspecified atom stereocenters. The molecule has 5 rings (SSSR count). The van der Waals surface area contributed by atoms with Gasteiger partial charge in [-0.2, -0.15) is 0 Å². The fraction of sp³-hybridized carbons (Fsp3) is 0.370. The number of carbonyl (C=O) groups is 5. The van der Waals surface area contributed by atoms with Crippen LogP contribution in [0, 0.1) is 23.7 Å². The SMILES string of the molecule is CCCN(Cc1ccc(Oc2ccccc2)cc1)C(=O)C1C(C(=O)O)C(C(=O)OC)C1C(=O)N(CCC)Cc1ccc(Oc2ccccc2)cc1.CCN(C=O)CC. The molecule has 4 aromatic carbocycles. The van der Waals surface area contributed by atoms with Crippen LogP contribution in [0.4, 0.5) is 0 Å². The number of rotatable bonds is 19. The molecule has 0 bridgehead atoms. The zero-order valence-electron chi connectivity index (χ0n) is 34.0. The number of ether oxygens (including phenoxy) is 3. The van der Waals surface area contributed by atoms with Crippen molar-refractivity contribution >= 4 is 30.2 Å². The van der Waals surface area contributed by atoms with E-state index in [9.17, 15) is 29.1 Å². The minimum atomic E-state index is -1.40. The molecule has 4 aromatic rings. The number of carboxylic acid groups (broad SMARTS) is 1. The summed E-state index contributed by atoms with van der Waals surface area (Å²) in [6, 6.07) is 33.4. The van der Waals surface area contributed by atoms with Gasteiger partial charge >= 0.3 is 11.9 Å². The Bertz CT molecular complexity index is 1900. The second kappa shape index (κ2) is 22.5. The van der Waals surface area contributed by atoms with Crippen molar-refractivity contribution in [2.24, 2.45) is 23.7 Å². The van der Waals surface area contributed by atoms with Gasteiger partial charge in [-0.15, -0.1) is 0 Å². The number of esters is 1. The number of aliphatic carboxylic acids is 1. The first-order chi connectivity index (χ1) is 28.1. The van der Waals surface area contributed by atoms with Crippen molar-refractivity contribution in [3.8, 4) is 23.0 Å². The maximum absolute atomic E-state index is 14.4. The fourth-order valence-electron chi connectivity index (χ4n) is 6.98. The topological polar surface area (TPSA) is 143 Å². The van der Waals surface area contributed by atoms with Crippen molar-refractivity contribution in [2.45, 2.75) is 53.6 Å². The summed E-state index contributed by atoms with van der Waals surface area (Å²) < 4.78 is 16.8. The van der Waals surface area contributed by atoms with E-state index < -0.39 is 47.4 Å². The largest absolute Gasteiger partial charge is 0.481 e. The second-order valence-electron chi connectivity index (χ2n) is 13.9. The Morgan fingerprint density at radius 3 is 1.26 bits per heavy atom. The number of methoxy groups -OCH3 is 1. The molecule has 308 valence electrons. The molecule has 1 saturated carbocycles. The van der Waals surface area contributed by atoms with E-state index in [4.69, 9.17) is 14.2 Å². The summed E-state index contributed by atoms with van der Waals surface area (Å²) in [7, 11) is 1.16. The standard InChI is InChI=1S/C41H44N2O8.C5H11NO/c1-4-24-42(26-28-16-20-32(21-17-28)50-30-12-8-6-9-13-30)38(44)34-35(37(41(48)49-3)36(34)40(46)47)39(45)43(25-5-2)27-29-18-22-33(23-19-29)51-31-14-10-7-11-15-31;1-3-6(4-2)5-7/h6-23,34-37H,4-5,24-27H2,1-3H3,(H,46,47);5H,3-4H2,1-2H3. The summed E-state index contributed by atoms with van der Waals surface area (Å²) in [6.07, 6.45) is 2.08. The first kappa shape index (κ1) is 44.5. The van der Waals surface area contributed by atoms with Gasteiger partial charge < -0.3 is 34.0 Å². The van der Waals surface area contributed by atoms with Crippen LogP contribution in [0.5, 0.6) is 23.0 Å². The van der Waals surface area contributed by atoms with Crippen LogP contribution in [0.25, 0.3) is 0 Å². The first-order valence-corrected chi connectivity index (χ1v) is 19.8. The number of carboxylic acids is 1. The molecule has 12 nitrogen and oxygen atoms in total. The lowest BCUT2D eigenvalue weighted by Gasteiger charge is -2.48. The quantitative estimate of drug-likeness (QED) is 0.0748. The van der Waals surface area contributed by atoms with Crippen LogP contribution in [0.1, 0.15) is 51.7 Å². The van der Waals surface area contributed by atoms with E-state index in [0.717, 1.165) is 37.7 Å². The van der Waals surface area contributed by atoms with Gasteiger partial charge in [-0.1, -0.05) is 74.5 Å². The zero-order valence-corrected chi connectivity index (χ0v) is 34.0. The zero-order chi connectivity index (χ0) is 42.0. The molecule has 12 heteroatoms. The van der Waals surface area contributed by atoms with Crippen LogP contribution in [-0.4, -0.2) is 83.3 Å². The highest BCUT2D eigenvalue weighted by Crippen LogP contribution is 2.49. The van der Waals surface area contributed by atoms with Crippen molar-refractivity contribution in [3.05, 3.63) is 120 Å². The van der Waals surface area contributed by atoms with Gasteiger partial charge in [-0.25, -0.2) is 0 Å². The predicted octanol–water partition coefficient (Wildman–Crippen LogP) is 7.67. The maximum Gasteiger partial charge on any atom is 0.310 e. The number of para-hydroxylation sites is 2. The molecule has 0 heterocycles. The normalized spacial score (nSPS) is 16.6. The van der Waals surface area contributed by atoms with E-state index in [1.165, 1.54) is 0 Å². The minimum Gasteiger partial charge on any atom is -0.481 e. The molecule has 0 radical (unpaired) electrons. The van der Waals surface area contributed by atoms with Gasteiger partial charge in [-0.05, 0) is 86.3 Å². The molecular weight excluding hydrogens is 739 g/mol. The Kier molecular flexibility index (Phi) is 17.3. The molecule has 3 amide bonds. The van der Waals surface area contributed by atoms with Gasteiger partial charge in [0, 0.05) is 39.3 Å². The number of nitrogens with zero attached hydrogens (tertiary/aromatic N) is 3. The molecule has 0 spiro atoms. The van der Waals surface area contributed by atoms with Crippen molar-refractivity contribution in [1.29, 1.82) is 0 Å². The minimum absolute atomic E-state index is 0.195. The van der Waals surface area contributed by atoms with E-state index >= 15 is 0 Å². The predicted molar refractivity (Wildman–Crippen MR) is 220 cm³/mol. The molecule has 0 saturated heterocycles. The Morgan fingerprint density at radius 1 is 0.569 bits per heavy atom. The van der Waals surface area contributed by atoms with Crippen LogP contribution in [0.3, 0.4) is 0 Å². The molecule has 0 aliphatic heterocycles. The number of amides is 3. The van der Waals surface area contributed by atoms with Crippen LogP contribution in [-0.2, 0) is 41.8 Å². The summed E-state index contributed by atoms with van der Waals surface area (Å²) in [5, 5.41) is 10.3. The number of hydrogen-bond acceptors (Lipinski definition) is 8.